The summed E-state index contributed by atoms with van der Waals surface area (Å²) >= 11 is 0. The van der Waals surface area contributed by atoms with Crippen molar-refractivity contribution in [2.75, 3.05) is 6.61 Å². The summed E-state index contributed by atoms with van der Waals surface area (Å²) in [6, 6.07) is 0. The topological polar surface area (TPSA) is 26.3 Å². The van der Waals surface area contributed by atoms with Crippen LogP contribution in [0.15, 0.2) is 0 Å². The highest BCUT2D eigenvalue weighted by Crippen LogP contribution is 2.20. The number of rotatable bonds is 0. The van der Waals surface area contributed by atoms with Gasteiger partial charge in [-0.2, -0.15) is 0 Å². The molecule has 0 aromatic heterocycles. The summed E-state index contributed by atoms with van der Waals surface area (Å²) in [5, 5.41) is 0. The summed E-state index contributed by atoms with van der Waals surface area (Å²) in [5.41, 5.74) is 0. The molecule has 2 nitrogen and oxygen atoms in total. The van der Waals surface area contributed by atoms with Crippen LogP contribution in [-0.4, -0.2) is 12.6 Å². The summed E-state index contributed by atoms with van der Waals surface area (Å²) in [7, 11) is 0. The van der Waals surface area contributed by atoms with E-state index >= 15 is 0 Å². The maximum atomic E-state index is 10.6. The molecular weight excluding hydrogens is 128 g/mol. The molecular formula is C8H10O2. The van der Waals surface area contributed by atoms with Gasteiger partial charge in [-0.05, 0) is 5.92 Å². The monoisotopic (exact) mass is 138 g/mol. The smallest absolute Gasteiger partial charge is 0.306 e. The molecule has 0 N–H and O–H groups in total. The molecule has 1 saturated heterocycles. The fraction of sp³-hybridized carbons (Fsp3) is 0.625. The van der Waals surface area contributed by atoms with Gasteiger partial charge in [0.2, 0.25) is 0 Å². The van der Waals surface area contributed by atoms with Crippen LogP contribution < -0.4 is 0 Å². The van der Waals surface area contributed by atoms with Crippen molar-refractivity contribution in [2.45, 2.75) is 13.3 Å². The number of hydrogen-bond acceptors (Lipinski definition) is 2. The molecule has 0 spiro atoms. The lowest BCUT2D eigenvalue weighted by Gasteiger charge is -2.23. The van der Waals surface area contributed by atoms with Crippen molar-refractivity contribution in [1.82, 2.24) is 0 Å². The van der Waals surface area contributed by atoms with Crippen LogP contribution in [0, 0.1) is 24.2 Å². The van der Waals surface area contributed by atoms with Gasteiger partial charge in [0.15, 0.2) is 0 Å². The minimum Gasteiger partial charge on any atom is -0.464 e. The van der Waals surface area contributed by atoms with E-state index in [1.165, 1.54) is 0 Å². The van der Waals surface area contributed by atoms with Crippen LogP contribution >= 0.6 is 0 Å². The van der Waals surface area contributed by atoms with Gasteiger partial charge >= 0.3 is 5.97 Å². The second-order valence-electron chi connectivity index (χ2n) is 2.64. The molecule has 2 atom stereocenters. The van der Waals surface area contributed by atoms with Crippen LogP contribution in [0.4, 0.5) is 0 Å². The van der Waals surface area contributed by atoms with Gasteiger partial charge in [0.05, 0.1) is 5.92 Å². The number of terminal acetylenes is 1. The van der Waals surface area contributed by atoms with Crippen LogP contribution in [-0.2, 0) is 9.53 Å². The number of carbonyl (C=O) groups is 1. The Morgan fingerprint density at radius 1 is 1.80 bits per heavy atom. The Kier molecular flexibility index (Phi) is 1.96. The molecule has 0 amide bonds. The molecule has 1 aliphatic heterocycles. The van der Waals surface area contributed by atoms with Crippen molar-refractivity contribution >= 4 is 5.97 Å². The van der Waals surface area contributed by atoms with Gasteiger partial charge in [-0.15, -0.1) is 6.42 Å². The van der Waals surface area contributed by atoms with E-state index in [-0.39, 0.29) is 17.8 Å². The molecule has 2 heteroatoms. The molecule has 10 heavy (non-hydrogen) atoms. The number of carbonyl (C=O) groups excluding carboxylic acids is 1. The first-order valence-corrected chi connectivity index (χ1v) is 3.36. The van der Waals surface area contributed by atoms with Crippen LogP contribution in [0.5, 0.6) is 0 Å². The first-order chi connectivity index (χ1) is 4.74. The Bertz CT molecular complexity index is 178. The molecule has 1 aliphatic rings. The highest BCUT2D eigenvalue weighted by molar-refractivity contribution is 5.70. The Morgan fingerprint density at radius 3 is 3.00 bits per heavy atom. The summed E-state index contributed by atoms with van der Waals surface area (Å²) in [6.45, 7) is 2.38. The molecule has 0 aromatic carbocycles. The Labute approximate surface area is 60.6 Å². The first kappa shape index (κ1) is 7.14. The zero-order valence-electron chi connectivity index (χ0n) is 5.96. The third kappa shape index (κ3) is 1.30. The zero-order chi connectivity index (χ0) is 7.56. The lowest BCUT2D eigenvalue weighted by atomic mass is 9.91. The average Bonchev–Trinajstić information content (AvgIpc) is 1.88. The minimum absolute atomic E-state index is 0.123. The van der Waals surface area contributed by atoms with E-state index in [9.17, 15) is 4.79 Å². The normalized spacial score (nSPS) is 32.6. The van der Waals surface area contributed by atoms with Gasteiger partial charge in [-0.1, -0.05) is 12.8 Å². The van der Waals surface area contributed by atoms with Gasteiger partial charge in [0, 0.05) is 6.42 Å². The lowest BCUT2D eigenvalue weighted by Crippen LogP contribution is -2.27. The maximum absolute atomic E-state index is 10.6. The Morgan fingerprint density at radius 2 is 2.50 bits per heavy atom. The fourth-order valence-corrected chi connectivity index (χ4v) is 1.02. The van der Waals surface area contributed by atoms with Gasteiger partial charge in [0.1, 0.15) is 6.61 Å². The van der Waals surface area contributed by atoms with Gasteiger partial charge in [-0.25, -0.2) is 0 Å². The summed E-state index contributed by atoms with van der Waals surface area (Å²) in [6.07, 6.45) is 5.66. The summed E-state index contributed by atoms with van der Waals surface area (Å²) in [4.78, 5) is 10.6. The average molecular weight is 138 g/mol. The van der Waals surface area contributed by atoms with Crippen LogP contribution in [0.2, 0.25) is 0 Å². The molecule has 0 radical (unpaired) electrons. The Balaban J connectivity index is 2.53. The number of hydrogen-bond donors (Lipinski definition) is 0. The number of cyclic esters (lactones) is 1. The second-order valence-corrected chi connectivity index (χ2v) is 2.64. The summed E-state index contributed by atoms with van der Waals surface area (Å²) < 4.78 is 4.77. The molecule has 0 aromatic rings. The van der Waals surface area contributed by atoms with E-state index in [4.69, 9.17) is 11.2 Å². The number of esters is 1. The predicted octanol–water partition coefficient (Wildman–Crippen LogP) is 0.819. The second kappa shape index (κ2) is 2.74. The van der Waals surface area contributed by atoms with Crippen LogP contribution in [0.25, 0.3) is 0 Å². The van der Waals surface area contributed by atoms with Crippen molar-refractivity contribution in [3.05, 3.63) is 0 Å². The highest BCUT2D eigenvalue weighted by Gasteiger charge is 2.25. The van der Waals surface area contributed by atoms with Gasteiger partial charge in [0.25, 0.3) is 0 Å². The third-order valence-corrected chi connectivity index (χ3v) is 1.81. The predicted molar refractivity (Wildman–Crippen MR) is 37.1 cm³/mol. The molecule has 2 unspecified atom stereocenters. The maximum Gasteiger partial charge on any atom is 0.306 e. The third-order valence-electron chi connectivity index (χ3n) is 1.81. The van der Waals surface area contributed by atoms with E-state index in [0.29, 0.717) is 13.0 Å². The zero-order valence-corrected chi connectivity index (χ0v) is 5.96. The first-order valence-electron chi connectivity index (χ1n) is 3.36. The van der Waals surface area contributed by atoms with E-state index < -0.39 is 0 Å². The minimum atomic E-state index is -0.126. The van der Waals surface area contributed by atoms with Crippen molar-refractivity contribution in [3.63, 3.8) is 0 Å². The summed E-state index contributed by atoms with van der Waals surface area (Å²) in [5.74, 6) is 2.88. The van der Waals surface area contributed by atoms with E-state index in [1.807, 2.05) is 6.92 Å². The van der Waals surface area contributed by atoms with Crippen molar-refractivity contribution in [2.24, 2.45) is 11.8 Å². The van der Waals surface area contributed by atoms with Crippen molar-refractivity contribution < 1.29 is 9.53 Å². The van der Waals surface area contributed by atoms with Gasteiger partial charge < -0.3 is 4.74 Å². The van der Waals surface area contributed by atoms with E-state index in [0.717, 1.165) is 0 Å². The Hall–Kier alpha value is -0.970. The van der Waals surface area contributed by atoms with Gasteiger partial charge in [-0.3, -0.25) is 4.79 Å². The molecule has 0 bridgehead atoms. The quantitative estimate of drug-likeness (QED) is 0.366. The highest BCUT2D eigenvalue weighted by atomic mass is 16.5. The molecule has 1 rings (SSSR count). The van der Waals surface area contributed by atoms with E-state index in [1.54, 1.807) is 0 Å². The van der Waals surface area contributed by atoms with E-state index in [2.05, 4.69) is 5.92 Å². The molecule has 0 saturated carbocycles. The van der Waals surface area contributed by atoms with Crippen LogP contribution in [0.3, 0.4) is 0 Å². The SMILES string of the molecule is C#CC1COC(=O)CC1C. The number of ether oxygens (including phenoxy) is 1. The van der Waals surface area contributed by atoms with Crippen molar-refractivity contribution in [1.29, 1.82) is 0 Å². The van der Waals surface area contributed by atoms with Crippen LogP contribution in [0.1, 0.15) is 13.3 Å². The molecule has 1 heterocycles. The lowest BCUT2D eigenvalue weighted by molar-refractivity contribution is -0.150. The van der Waals surface area contributed by atoms with Crippen molar-refractivity contribution in [3.8, 4) is 12.3 Å². The molecule has 0 aliphatic carbocycles. The largest absolute Gasteiger partial charge is 0.464 e. The standard InChI is InChI=1S/C8H10O2/c1-3-7-5-10-8(9)4-6(7)2/h1,6-7H,4-5H2,2H3. The molecule has 1 fully saturated rings. The fourth-order valence-electron chi connectivity index (χ4n) is 1.02. The molecule has 54 valence electrons.